The summed E-state index contributed by atoms with van der Waals surface area (Å²) >= 11 is 6.89. The van der Waals surface area contributed by atoms with E-state index in [-0.39, 0.29) is 6.09 Å². The van der Waals surface area contributed by atoms with E-state index in [2.05, 4.69) is 31.9 Å². The Morgan fingerprint density at radius 1 is 1.21 bits per heavy atom. The second-order valence-electron chi connectivity index (χ2n) is 5.27. The first-order valence-corrected chi connectivity index (χ1v) is 7.73. The van der Waals surface area contributed by atoms with Crippen molar-refractivity contribution in [2.45, 2.75) is 39.8 Å². The van der Waals surface area contributed by atoms with E-state index in [0.29, 0.717) is 13.1 Å². The summed E-state index contributed by atoms with van der Waals surface area (Å²) in [4.78, 5) is 13.7. The Labute approximate surface area is 131 Å². The highest BCUT2D eigenvalue weighted by atomic mass is 79.9. The lowest BCUT2D eigenvalue weighted by atomic mass is 10.2. The number of carbonyl (C=O) groups excluding carboxylic acids is 1. The number of carbonyl (C=O) groups is 1. The van der Waals surface area contributed by atoms with Gasteiger partial charge in [0.1, 0.15) is 5.60 Å². The monoisotopic (exact) mass is 391 g/mol. The zero-order valence-electron chi connectivity index (χ0n) is 11.7. The lowest BCUT2D eigenvalue weighted by Crippen LogP contribution is -2.36. The summed E-state index contributed by atoms with van der Waals surface area (Å²) in [6, 6.07) is 5.96. The van der Waals surface area contributed by atoms with E-state index in [0.717, 1.165) is 14.5 Å². The number of amides is 1. The number of hydrogen-bond donors (Lipinski definition) is 0. The van der Waals surface area contributed by atoms with Crippen LogP contribution < -0.4 is 0 Å². The summed E-state index contributed by atoms with van der Waals surface area (Å²) in [6.07, 6.45) is -0.286. The highest BCUT2D eigenvalue weighted by Crippen LogP contribution is 2.21. The maximum Gasteiger partial charge on any atom is 0.410 e. The van der Waals surface area contributed by atoms with E-state index >= 15 is 0 Å². The van der Waals surface area contributed by atoms with Crippen LogP contribution in [0.4, 0.5) is 4.79 Å². The van der Waals surface area contributed by atoms with Gasteiger partial charge in [-0.05, 0) is 51.5 Å². The van der Waals surface area contributed by atoms with E-state index < -0.39 is 5.60 Å². The van der Waals surface area contributed by atoms with Crippen molar-refractivity contribution in [3.05, 3.63) is 32.7 Å². The topological polar surface area (TPSA) is 29.5 Å². The molecule has 0 saturated heterocycles. The molecule has 0 aliphatic rings. The Hall–Kier alpha value is -0.550. The van der Waals surface area contributed by atoms with E-state index in [9.17, 15) is 4.79 Å². The molecule has 3 nitrogen and oxygen atoms in total. The van der Waals surface area contributed by atoms with E-state index in [1.807, 2.05) is 45.9 Å². The summed E-state index contributed by atoms with van der Waals surface area (Å²) in [5.74, 6) is 0. The van der Waals surface area contributed by atoms with Crippen LogP contribution in [0.25, 0.3) is 0 Å². The molecule has 0 spiro atoms. The molecule has 0 fully saturated rings. The van der Waals surface area contributed by atoms with Crippen LogP contribution in [0.15, 0.2) is 27.1 Å². The van der Waals surface area contributed by atoms with Gasteiger partial charge in [0.05, 0.1) is 0 Å². The van der Waals surface area contributed by atoms with Crippen molar-refractivity contribution >= 4 is 38.0 Å². The number of nitrogens with zero attached hydrogens (tertiary/aromatic N) is 1. The minimum atomic E-state index is -0.470. The van der Waals surface area contributed by atoms with Gasteiger partial charge in [0.25, 0.3) is 0 Å². The minimum absolute atomic E-state index is 0.286. The van der Waals surface area contributed by atoms with Gasteiger partial charge >= 0.3 is 6.09 Å². The molecule has 0 bridgehead atoms. The molecule has 1 aromatic rings. The smallest absolute Gasteiger partial charge is 0.410 e. The van der Waals surface area contributed by atoms with Crippen LogP contribution in [0.5, 0.6) is 0 Å². The van der Waals surface area contributed by atoms with Crippen molar-refractivity contribution < 1.29 is 9.53 Å². The van der Waals surface area contributed by atoms with Crippen LogP contribution >= 0.6 is 31.9 Å². The first-order chi connectivity index (χ1) is 8.71. The molecule has 0 aromatic heterocycles. The Morgan fingerprint density at radius 3 is 2.16 bits per heavy atom. The number of hydrogen-bond acceptors (Lipinski definition) is 2. The average molecular weight is 393 g/mol. The Kier molecular flexibility index (Phi) is 5.86. The predicted molar refractivity (Wildman–Crippen MR) is 84.2 cm³/mol. The second-order valence-corrected chi connectivity index (χ2v) is 7.10. The van der Waals surface area contributed by atoms with Crippen molar-refractivity contribution in [3.63, 3.8) is 0 Å². The molecule has 0 unspecified atom stereocenters. The van der Waals surface area contributed by atoms with Gasteiger partial charge in [0.15, 0.2) is 0 Å². The van der Waals surface area contributed by atoms with Crippen LogP contribution in [0, 0.1) is 0 Å². The maximum atomic E-state index is 12.0. The molecule has 1 rings (SSSR count). The molecular formula is C14H19Br2NO2. The quantitative estimate of drug-likeness (QED) is 0.726. The molecular weight excluding hydrogens is 374 g/mol. The first-order valence-electron chi connectivity index (χ1n) is 6.14. The zero-order valence-corrected chi connectivity index (χ0v) is 14.8. The molecule has 0 saturated carbocycles. The highest BCUT2D eigenvalue weighted by Gasteiger charge is 2.21. The fourth-order valence-electron chi connectivity index (χ4n) is 1.55. The van der Waals surface area contributed by atoms with Gasteiger partial charge in [-0.2, -0.15) is 0 Å². The normalized spacial score (nSPS) is 11.3. The standard InChI is InChI=1S/C14H19Br2NO2/c1-5-17(13(18)19-14(2,3)4)9-10-6-11(15)8-12(16)7-10/h6-8H,5,9H2,1-4H3. The molecule has 0 aliphatic heterocycles. The fourth-order valence-corrected chi connectivity index (χ4v) is 2.94. The van der Waals surface area contributed by atoms with Crippen molar-refractivity contribution in [1.82, 2.24) is 4.90 Å². The van der Waals surface area contributed by atoms with Gasteiger partial charge in [-0.25, -0.2) is 4.79 Å². The molecule has 5 heteroatoms. The van der Waals surface area contributed by atoms with Crippen molar-refractivity contribution in [2.24, 2.45) is 0 Å². The van der Waals surface area contributed by atoms with Gasteiger partial charge in [0.2, 0.25) is 0 Å². The van der Waals surface area contributed by atoms with Crippen LogP contribution in [0.3, 0.4) is 0 Å². The predicted octanol–water partition coefficient (Wildman–Crippen LogP) is 4.97. The third-order valence-corrected chi connectivity index (χ3v) is 3.24. The lowest BCUT2D eigenvalue weighted by molar-refractivity contribution is 0.0244. The maximum absolute atomic E-state index is 12.0. The van der Waals surface area contributed by atoms with Crippen LogP contribution in [0.1, 0.15) is 33.3 Å². The van der Waals surface area contributed by atoms with E-state index in [4.69, 9.17) is 4.74 Å². The minimum Gasteiger partial charge on any atom is -0.444 e. The van der Waals surface area contributed by atoms with Gasteiger partial charge in [0, 0.05) is 22.0 Å². The van der Waals surface area contributed by atoms with Gasteiger partial charge < -0.3 is 9.64 Å². The van der Waals surface area contributed by atoms with E-state index in [1.54, 1.807) is 4.90 Å². The second kappa shape index (κ2) is 6.75. The van der Waals surface area contributed by atoms with Crippen LogP contribution in [-0.2, 0) is 11.3 Å². The fraction of sp³-hybridized carbons (Fsp3) is 0.500. The van der Waals surface area contributed by atoms with Gasteiger partial charge in [-0.3, -0.25) is 0 Å². The lowest BCUT2D eigenvalue weighted by Gasteiger charge is -2.26. The summed E-state index contributed by atoms with van der Waals surface area (Å²) in [7, 11) is 0. The largest absolute Gasteiger partial charge is 0.444 e. The number of ether oxygens (including phenoxy) is 1. The molecule has 1 aromatic carbocycles. The Bertz CT molecular complexity index is 435. The summed E-state index contributed by atoms with van der Waals surface area (Å²) in [6.45, 7) is 8.69. The summed E-state index contributed by atoms with van der Waals surface area (Å²) < 4.78 is 7.35. The zero-order chi connectivity index (χ0) is 14.6. The van der Waals surface area contributed by atoms with Crippen LogP contribution in [-0.4, -0.2) is 23.1 Å². The summed E-state index contributed by atoms with van der Waals surface area (Å²) in [5, 5.41) is 0. The molecule has 0 atom stereocenters. The molecule has 0 radical (unpaired) electrons. The summed E-state index contributed by atoms with van der Waals surface area (Å²) in [5.41, 5.74) is 0.580. The number of halogens is 2. The molecule has 0 N–H and O–H groups in total. The Balaban J connectivity index is 2.79. The molecule has 0 heterocycles. The third kappa shape index (κ3) is 5.95. The van der Waals surface area contributed by atoms with Crippen LogP contribution in [0.2, 0.25) is 0 Å². The molecule has 106 valence electrons. The van der Waals surface area contributed by atoms with Crippen molar-refractivity contribution in [1.29, 1.82) is 0 Å². The first kappa shape index (κ1) is 16.5. The average Bonchev–Trinajstić information content (AvgIpc) is 2.21. The highest BCUT2D eigenvalue weighted by molar-refractivity contribution is 9.11. The molecule has 0 aliphatic carbocycles. The van der Waals surface area contributed by atoms with Gasteiger partial charge in [-0.15, -0.1) is 0 Å². The van der Waals surface area contributed by atoms with Crippen molar-refractivity contribution in [3.8, 4) is 0 Å². The van der Waals surface area contributed by atoms with Crippen molar-refractivity contribution in [2.75, 3.05) is 6.54 Å². The molecule has 1 amide bonds. The van der Waals surface area contributed by atoms with Gasteiger partial charge in [-0.1, -0.05) is 31.9 Å². The third-order valence-electron chi connectivity index (χ3n) is 2.33. The van der Waals surface area contributed by atoms with E-state index in [1.165, 1.54) is 0 Å². The number of rotatable bonds is 3. The number of benzene rings is 1. The Morgan fingerprint density at radius 2 is 1.74 bits per heavy atom. The molecule has 19 heavy (non-hydrogen) atoms. The SMILES string of the molecule is CCN(Cc1cc(Br)cc(Br)c1)C(=O)OC(C)(C)C.